The number of halogens is 2. The van der Waals surface area contributed by atoms with Gasteiger partial charge in [0, 0.05) is 21.3 Å². The van der Waals surface area contributed by atoms with E-state index < -0.39 is 27.9 Å². The number of benzene rings is 2. The Morgan fingerprint density at radius 3 is 2.30 bits per heavy atom. The number of hydrogen-bond donors (Lipinski definition) is 1. The van der Waals surface area contributed by atoms with Gasteiger partial charge in [-0.1, -0.05) is 29.3 Å². The molecule has 6 nitrogen and oxygen atoms in total. The summed E-state index contributed by atoms with van der Waals surface area (Å²) in [6, 6.07) is 10.6. The Morgan fingerprint density at radius 1 is 1.11 bits per heavy atom. The second-order valence-corrected chi connectivity index (χ2v) is 8.45. The average Bonchev–Trinajstić information content (AvgIpc) is 2.56. The summed E-state index contributed by atoms with van der Waals surface area (Å²) in [4.78, 5) is 24.4. The van der Waals surface area contributed by atoms with E-state index in [0.29, 0.717) is 26.9 Å². The van der Waals surface area contributed by atoms with Crippen LogP contribution in [0.5, 0.6) is 0 Å². The van der Waals surface area contributed by atoms with E-state index in [0.717, 1.165) is 6.26 Å². The topological polar surface area (TPSA) is 89.5 Å². The van der Waals surface area contributed by atoms with E-state index in [-0.39, 0.29) is 6.42 Å². The van der Waals surface area contributed by atoms with Crippen molar-refractivity contribution in [3.63, 3.8) is 0 Å². The van der Waals surface area contributed by atoms with E-state index in [1.54, 1.807) is 12.1 Å². The van der Waals surface area contributed by atoms with Crippen LogP contribution in [0.1, 0.15) is 22.8 Å². The molecule has 0 spiro atoms. The van der Waals surface area contributed by atoms with Crippen LogP contribution in [0.15, 0.2) is 42.5 Å². The second kappa shape index (κ2) is 8.73. The van der Waals surface area contributed by atoms with Gasteiger partial charge in [0.2, 0.25) is 15.8 Å². The molecule has 0 aromatic heterocycles. The van der Waals surface area contributed by atoms with E-state index in [4.69, 9.17) is 27.9 Å². The van der Waals surface area contributed by atoms with Gasteiger partial charge in [-0.15, -0.1) is 0 Å². The molecule has 0 bridgehead atoms. The molecule has 1 atom stereocenters. The molecule has 0 heterocycles. The molecule has 144 valence electrons. The van der Waals surface area contributed by atoms with Gasteiger partial charge < -0.3 is 4.74 Å². The highest BCUT2D eigenvalue weighted by Crippen LogP contribution is 2.22. The molecule has 0 saturated heterocycles. The zero-order chi connectivity index (χ0) is 20.2. The number of Topliss-reactive ketones (excluding diaryl/α,β-unsaturated/α-hetero) is 1. The Balaban J connectivity index is 1.99. The van der Waals surface area contributed by atoms with Crippen molar-refractivity contribution < 1.29 is 22.7 Å². The molecule has 0 aliphatic carbocycles. The second-order valence-electron chi connectivity index (χ2n) is 5.86. The fourth-order valence-electron chi connectivity index (χ4n) is 2.26. The van der Waals surface area contributed by atoms with E-state index in [9.17, 15) is 18.0 Å². The molecular formula is C18H17Cl2NO5S. The van der Waals surface area contributed by atoms with Gasteiger partial charge in [0.15, 0.2) is 6.10 Å². The molecular weight excluding hydrogens is 413 g/mol. The molecule has 9 heteroatoms. The Bertz CT molecular complexity index is 958. The lowest BCUT2D eigenvalue weighted by Crippen LogP contribution is -2.25. The predicted molar refractivity (Wildman–Crippen MR) is 105 cm³/mol. The summed E-state index contributed by atoms with van der Waals surface area (Å²) >= 11 is 11.8. The minimum Gasteiger partial charge on any atom is -0.454 e. The number of carbonyl (C=O) groups is 2. The van der Waals surface area contributed by atoms with Crippen LogP contribution in [0, 0.1) is 0 Å². The largest absolute Gasteiger partial charge is 0.454 e. The average molecular weight is 430 g/mol. The number of carbonyl (C=O) groups excluding carboxylic acids is 2. The van der Waals surface area contributed by atoms with Crippen LogP contribution < -0.4 is 4.72 Å². The van der Waals surface area contributed by atoms with Gasteiger partial charge in [0.1, 0.15) is 0 Å². The fraction of sp³-hybridized carbons (Fsp3) is 0.222. The maximum Gasteiger partial charge on any atom is 0.311 e. The molecule has 2 rings (SSSR count). The minimum absolute atomic E-state index is 0.0924. The Labute approximate surface area is 167 Å². The number of rotatable bonds is 7. The molecule has 0 fully saturated rings. The highest BCUT2D eigenvalue weighted by Gasteiger charge is 2.20. The lowest BCUT2D eigenvalue weighted by Gasteiger charge is -2.13. The molecule has 2 aromatic carbocycles. The van der Waals surface area contributed by atoms with Gasteiger partial charge in [0.05, 0.1) is 12.7 Å². The van der Waals surface area contributed by atoms with Crippen LogP contribution in [0.4, 0.5) is 5.69 Å². The van der Waals surface area contributed by atoms with Gasteiger partial charge >= 0.3 is 5.97 Å². The lowest BCUT2D eigenvalue weighted by molar-refractivity contribution is -0.145. The molecule has 1 unspecified atom stereocenters. The first-order chi connectivity index (χ1) is 12.5. The van der Waals surface area contributed by atoms with Crippen LogP contribution >= 0.6 is 23.2 Å². The highest BCUT2D eigenvalue weighted by molar-refractivity contribution is 7.92. The molecule has 0 aliphatic rings. The molecule has 0 aliphatic heterocycles. The smallest absolute Gasteiger partial charge is 0.311 e. The Morgan fingerprint density at radius 2 is 1.74 bits per heavy atom. The SMILES string of the molecule is CC(OC(=O)Cc1ccc(Cl)cc1Cl)C(=O)c1ccc(NS(C)(=O)=O)cc1. The summed E-state index contributed by atoms with van der Waals surface area (Å²) in [5.41, 5.74) is 1.16. The monoisotopic (exact) mass is 429 g/mol. The summed E-state index contributed by atoms with van der Waals surface area (Å²) in [5.74, 6) is -1.01. The van der Waals surface area contributed by atoms with Crippen molar-refractivity contribution in [1.29, 1.82) is 0 Å². The minimum atomic E-state index is -3.40. The third kappa shape index (κ3) is 6.53. The summed E-state index contributed by atoms with van der Waals surface area (Å²) < 4.78 is 29.9. The quantitative estimate of drug-likeness (QED) is 0.534. The standard InChI is InChI=1S/C18H17Cl2NO5S/c1-11(26-17(22)9-13-3-6-14(19)10-16(13)20)18(23)12-4-7-15(8-5-12)21-27(2,24)25/h3-8,10-11,21H,9H2,1-2H3. The Kier molecular flexibility index (Phi) is 6.86. The summed E-state index contributed by atoms with van der Waals surface area (Å²) in [6.45, 7) is 1.46. The van der Waals surface area contributed by atoms with Crippen molar-refractivity contribution in [2.45, 2.75) is 19.4 Å². The number of ketones is 1. The summed E-state index contributed by atoms with van der Waals surface area (Å²) in [7, 11) is -3.40. The number of ether oxygens (including phenoxy) is 1. The van der Waals surface area contributed by atoms with Gasteiger partial charge in [0.25, 0.3) is 0 Å². The van der Waals surface area contributed by atoms with Crippen LogP contribution in [0.2, 0.25) is 10.0 Å². The maximum atomic E-state index is 12.4. The van der Waals surface area contributed by atoms with E-state index >= 15 is 0 Å². The number of anilines is 1. The summed E-state index contributed by atoms with van der Waals surface area (Å²) in [5, 5.41) is 0.793. The lowest BCUT2D eigenvalue weighted by atomic mass is 10.1. The van der Waals surface area contributed by atoms with Crippen LogP contribution in [-0.2, 0) is 26.0 Å². The number of hydrogen-bond acceptors (Lipinski definition) is 5. The molecule has 0 radical (unpaired) electrons. The fourth-order valence-corrected chi connectivity index (χ4v) is 3.30. The van der Waals surface area contributed by atoms with E-state index in [1.165, 1.54) is 37.3 Å². The van der Waals surface area contributed by atoms with Crippen LogP contribution in [0.3, 0.4) is 0 Å². The van der Waals surface area contributed by atoms with Gasteiger partial charge in [-0.3, -0.25) is 14.3 Å². The van der Waals surface area contributed by atoms with Crippen LogP contribution in [0.25, 0.3) is 0 Å². The van der Waals surface area contributed by atoms with E-state index in [1.807, 2.05) is 0 Å². The first-order valence-electron chi connectivity index (χ1n) is 7.80. The van der Waals surface area contributed by atoms with Crippen molar-refractivity contribution in [1.82, 2.24) is 0 Å². The first-order valence-corrected chi connectivity index (χ1v) is 10.5. The van der Waals surface area contributed by atoms with Crippen molar-refractivity contribution in [3.8, 4) is 0 Å². The normalized spacial score (nSPS) is 12.3. The van der Waals surface area contributed by atoms with Crippen molar-refractivity contribution in [2.24, 2.45) is 0 Å². The summed E-state index contributed by atoms with van der Waals surface area (Å²) in [6.07, 6.45) is -0.0666. The first kappa shape index (κ1) is 21.2. The van der Waals surface area contributed by atoms with Gasteiger partial charge in [-0.2, -0.15) is 0 Å². The zero-order valence-corrected chi connectivity index (χ0v) is 16.9. The zero-order valence-electron chi connectivity index (χ0n) is 14.5. The molecule has 0 saturated carbocycles. The number of esters is 1. The van der Waals surface area contributed by atoms with Gasteiger partial charge in [-0.05, 0) is 48.9 Å². The van der Waals surface area contributed by atoms with E-state index in [2.05, 4.69) is 4.72 Å². The predicted octanol–water partition coefficient (Wildman–Crippen LogP) is 3.72. The third-order valence-electron chi connectivity index (χ3n) is 3.50. The van der Waals surface area contributed by atoms with Crippen molar-refractivity contribution >= 4 is 50.7 Å². The van der Waals surface area contributed by atoms with Crippen molar-refractivity contribution in [2.75, 3.05) is 11.0 Å². The molecule has 1 N–H and O–H groups in total. The highest BCUT2D eigenvalue weighted by atomic mass is 35.5. The Hall–Kier alpha value is -2.09. The molecule has 27 heavy (non-hydrogen) atoms. The number of sulfonamides is 1. The maximum absolute atomic E-state index is 12.4. The van der Waals surface area contributed by atoms with Crippen LogP contribution in [-0.4, -0.2) is 32.5 Å². The van der Waals surface area contributed by atoms with Crippen molar-refractivity contribution in [3.05, 3.63) is 63.6 Å². The molecule has 0 amide bonds. The molecule has 2 aromatic rings. The number of nitrogens with one attached hydrogen (secondary N) is 1. The third-order valence-corrected chi connectivity index (χ3v) is 4.69. The van der Waals surface area contributed by atoms with Gasteiger partial charge in [-0.25, -0.2) is 8.42 Å².